The molecule has 0 bridgehead atoms. The molecule has 2 aromatic carbocycles. The molecule has 0 aliphatic rings. The Labute approximate surface area is 131 Å². The first-order chi connectivity index (χ1) is 10.8. The highest BCUT2D eigenvalue weighted by Crippen LogP contribution is 2.28. The number of benzene rings is 2. The summed E-state index contributed by atoms with van der Waals surface area (Å²) in [6.45, 7) is 1.43. The Morgan fingerprint density at radius 2 is 1.96 bits per heavy atom. The highest BCUT2D eigenvalue weighted by atomic mass is 32.2. The van der Waals surface area contributed by atoms with Crippen molar-refractivity contribution in [1.29, 1.82) is 0 Å². The van der Waals surface area contributed by atoms with Crippen molar-refractivity contribution < 1.29 is 22.5 Å². The molecule has 0 aromatic heterocycles. The Morgan fingerprint density at radius 1 is 1.26 bits per heavy atom. The van der Waals surface area contributed by atoms with Gasteiger partial charge in [0.05, 0.1) is 28.2 Å². The minimum Gasteiger partial charge on any atom is -0.494 e. The number of hydrogen-bond acceptors (Lipinski definition) is 5. The molecular weight excluding hydrogens is 327 g/mol. The summed E-state index contributed by atoms with van der Waals surface area (Å²) >= 11 is 0. The number of sulfonamides is 1. The second kappa shape index (κ2) is 6.21. The molecule has 0 fully saturated rings. The Balaban J connectivity index is 2.43. The van der Waals surface area contributed by atoms with Crippen LogP contribution < -0.4 is 9.46 Å². The average molecular weight is 340 g/mol. The summed E-state index contributed by atoms with van der Waals surface area (Å²) in [5.41, 5.74) is 0.0412. The van der Waals surface area contributed by atoms with Gasteiger partial charge in [-0.1, -0.05) is 6.07 Å². The molecule has 1 N–H and O–H groups in total. The van der Waals surface area contributed by atoms with Crippen LogP contribution in [0.4, 0.5) is 15.8 Å². The van der Waals surface area contributed by atoms with Crippen molar-refractivity contribution in [2.75, 3.05) is 11.8 Å². The standard InChI is InChI=1S/C14H13FN2O5S/c1-9-12(4-3-5-13(9)17(18)19)16-23(20,21)10-6-7-11(15)14(8-10)22-2/h3-8,16H,1-2H3. The maximum atomic E-state index is 13.4. The Bertz CT molecular complexity index is 867. The number of hydrogen-bond donors (Lipinski definition) is 1. The largest absolute Gasteiger partial charge is 0.494 e. The molecule has 0 saturated heterocycles. The summed E-state index contributed by atoms with van der Waals surface area (Å²) < 4.78 is 45.1. The monoisotopic (exact) mass is 340 g/mol. The zero-order chi connectivity index (χ0) is 17.2. The summed E-state index contributed by atoms with van der Waals surface area (Å²) in [6, 6.07) is 7.12. The Morgan fingerprint density at radius 3 is 2.57 bits per heavy atom. The van der Waals surface area contributed by atoms with Gasteiger partial charge in [0.25, 0.3) is 15.7 Å². The van der Waals surface area contributed by atoms with Gasteiger partial charge >= 0.3 is 0 Å². The first-order valence-corrected chi connectivity index (χ1v) is 7.85. The number of halogens is 1. The molecule has 0 radical (unpaired) electrons. The number of nitro benzene ring substituents is 1. The van der Waals surface area contributed by atoms with E-state index >= 15 is 0 Å². The number of nitrogens with one attached hydrogen (secondary N) is 1. The van der Waals surface area contributed by atoms with E-state index in [2.05, 4.69) is 4.72 Å². The van der Waals surface area contributed by atoms with Gasteiger partial charge in [-0.2, -0.15) is 0 Å². The van der Waals surface area contributed by atoms with Crippen molar-refractivity contribution in [3.05, 3.63) is 57.9 Å². The fourth-order valence-electron chi connectivity index (χ4n) is 1.94. The molecule has 9 heteroatoms. The topological polar surface area (TPSA) is 98.5 Å². The average Bonchev–Trinajstić information content (AvgIpc) is 2.49. The summed E-state index contributed by atoms with van der Waals surface area (Å²) in [5, 5.41) is 10.9. The molecule has 0 heterocycles. The van der Waals surface area contributed by atoms with Crippen LogP contribution in [0.15, 0.2) is 41.3 Å². The van der Waals surface area contributed by atoms with Gasteiger partial charge in [-0.05, 0) is 25.1 Å². The van der Waals surface area contributed by atoms with Crippen LogP contribution >= 0.6 is 0 Å². The molecule has 0 spiro atoms. The SMILES string of the molecule is COc1cc(S(=O)(=O)Nc2cccc([N+](=O)[O-])c2C)ccc1F. The van der Waals surface area contributed by atoms with Gasteiger partial charge in [0.2, 0.25) is 0 Å². The van der Waals surface area contributed by atoms with Crippen molar-refractivity contribution in [2.24, 2.45) is 0 Å². The molecule has 0 amide bonds. The van der Waals surface area contributed by atoms with Crippen LogP contribution in [0.3, 0.4) is 0 Å². The molecule has 0 atom stereocenters. The minimum atomic E-state index is -4.05. The van der Waals surface area contributed by atoms with E-state index in [4.69, 9.17) is 4.74 Å². The number of methoxy groups -OCH3 is 1. The predicted octanol–water partition coefficient (Wildman–Crippen LogP) is 2.85. The van der Waals surface area contributed by atoms with Gasteiger partial charge in [-0.3, -0.25) is 14.8 Å². The van der Waals surface area contributed by atoms with E-state index in [1.165, 1.54) is 32.2 Å². The second-order valence-corrected chi connectivity index (χ2v) is 6.29. The van der Waals surface area contributed by atoms with Gasteiger partial charge < -0.3 is 4.74 Å². The van der Waals surface area contributed by atoms with Gasteiger partial charge in [0.1, 0.15) is 0 Å². The lowest BCUT2D eigenvalue weighted by Gasteiger charge is -2.11. The van der Waals surface area contributed by atoms with E-state index < -0.39 is 20.8 Å². The molecule has 23 heavy (non-hydrogen) atoms. The zero-order valence-corrected chi connectivity index (χ0v) is 13.1. The number of ether oxygens (including phenoxy) is 1. The fraction of sp³-hybridized carbons (Fsp3) is 0.143. The normalized spacial score (nSPS) is 11.1. The van der Waals surface area contributed by atoms with E-state index in [1.807, 2.05) is 0 Å². The van der Waals surface area contributed by atoms with Gasteiger partial charge in [-0.15, -0.1) is 0 Å². The van der Waals surface area contributed by atoms with Gasteiger partial charge in [-0.25, -0.2) is 12.8 Å². The van der Waals surface area contributed by atoms with Crippen molar-refractivity contribution in [2.45, 2.75) is 11.8 Å². The maximum absolute atomic E-state index is 13.4. The fourth-order valence-corrected chi connectivity index (χ4v) is 3.08. The quantitative estimate of drug-likeness (QED) is 0.666. The van der Waals surface area contributed by atoms with E-state index in [0.717, 1.165) is 18.2 Å². The van der Waals surface area contributed by atoms with E-state index in [-0.39, 0.29) is 27.6 Å². The van der Waals surface area contributed by atoms with Crippen LogP contribution in [0.2, 0.25) is 0 Å². The van der Waals surface area contributed by atoms with Crippen molar-refractivity contribution >= 4 is 21.4 Å². The Kier molecular flexibility index (Phi) is 4.50. The van der Waals surface area contributed by atoms with Crippen LogP contribution in [0.5, 0.6) is 5.75 Å². The smallest absolute Gasteiger partial charge is 0.274 e. The lowest BCUT2D eigenvalue weighted by molar-refractivity contribution is -0.385. The number of nitrogens with zero attached hydrogens (tertiary/aromatic N) is 1. The number of rotatable bonds is 5. The number of nitro groups is 1. The van der Waals surface area contributed by atoms with Gasteiger partial charge in [0, 0.05) is 12.1 Å². The summed E-state index contributed by atoms with van der Waals surface area (Å²) in [4.78, 5) is 10.1. The second-order valence-electron chi connectivity index (χ2n) is 4.61. The highest BCUT2D eigenvalue weighted by Gasteiger charge is 2.20. The molecule has 0 unspecified atom stereocenters. The van der Waals surface area contributed by atoms with Gasteiger partial charge in [0.15, 0.2) is 11.6 Å². The predicted molar refractivity (Wildman–Crippen MR) is 81.6 cm³/mol. The van der Waals surface area contributed by atoms with E-state index in [1.54, 1.807) is 0 Å². The summed E-state index contributed by atoms with van der Waals surface area (Å²) in [6.07, 6.45) is 0. The maximum Gasteiger partial charge on any atom is 0.274 e. The molecule has 0 aliphatic carbocycles. The third kappa shape index (κ3) is 3.39. The van der Waals surface area contributed by atoms with Crippen LogP contribution in [-0.4, -0.2) is 20.5 Å². The molecule has 2 aromatic rings. The third-order valence-corrected chi connectivity index (χ3v) is 4.54. The molecule has 0 aliphatic heterocycles. The first kappa shape index (κ1) is 16.7. The van der Waals surface area contributed by atoms with Crippen LogP contribution in [0, 0.1) is 22.9 Å². The summed E-state index contributed by atoms with van der Waals surface area (Å²) in [5.74, 6) is -0.915. The minimum absolute atomic E-state index is 0.0718. The molecular formula is C14H13FN2O5S. The lowest BCUT2D eigenvalue weighted by atomic mass is 10.2. The lowest BCUT2D eigenvalue weighted by Crippen LogP contribution is -2.14. The highest BCUT2D eigenvalue weighted by molar-refractivity contribution is 7.92. The van der Waals surface area contributed by atoms with Crippen molar-refractivity contribution in [3.63, 3.8) is 0 Å². The molecule has 7 nitrogen and oxygen atoms in total. The van der Waals surface area contributed by atoms with Crippen LogP contribution in [0.25, 0.3) is 0 Å². The molecule has 0 saturated carbocycles. The number of anilines is 1. The Hall–Kier alpha value is -2.68. The van der Waals surface area contributed by atoms with E-state index in [0.29, 0.717) is 0 Å². The van der Waals surface area contributed by atoms with Crippen molar-refractivity contribution in [1.82, 2.24) is 0 Å². The van der Waals surface area contributed by atoms with E-state index in [9.17, 15) is 22.9 Å². The van der Waals surface area contributed by atoms with Crippen molar-refractivity contribution in [3.8, 4) is 5.75 Å². The molecule has 2 rings (SSSR count). The third-order valence-electron chi connectivity index (χ3n) is 3.18. The summed E-state index contributed by atoms with van der Waals surface area (Å²) in [7, 11) is -2.83. The van der Waals surface area contributed by atoms with Crippen LogP contribution in [0.1, 0.15) is 5.56 Å². The zero-order valence-electron chi connectivity index (χ0n) is 12.2. The van der Waals surface area contributed by atoms with Crippen LogP contribution in [-0.2, 0) is 10.0 Å². The first-order valence-electron chi connectivity index (χ1n) is 6.36. The molecule has 122 valence electrons.